The first-order chi connectivity index (χ1) is 11.5. The Labute approximate surface area is 143 Å². The topological polar surface area (TPSA) is 59.8 Å². The highest BCUT2D eigenvalue weighted by molar-refractivity contribution is 6.30. The standard InChI is InChI=1S/C17H14ClFN4O/c1-23-10-13(9-21-23)17(24)22-16-3-2-11(8-20-16)4-12-5-14(18)7-15(19)6-12/h2-3,5-10H,4H2,1H3,(H,20,22,24). The molecular weight excluding hydrogens is 331 g/mol. The molecule has 0 radical (unpaired) electrons. The van der Waals surface area contributed by atoms with Gasteiger partial charge in [-0.05, 0) is 41.8 Å². The lowest BCUT2D eigenvalue weighted by Gasteiger charge is -2.06. The summed E-state index contributed by atoms with van der Waals surface area (Å²) in [5.74, 6) is -0.212. The van der Waals surface area contributed by atoms with Crippen LogP contribution in [0, 0.1) is 5.82 Å². The quantitative estimate of drug-likeness (QED) is 0.788. The van der Waals surface area contributed by atoms with Crippen molar-refractivity contribution in [1.82, 2.24) is 14.8 Å². The number of pyridine rings is 1. The Morgan fingerprint density at radius 1 is 1.25 bits per heavy atom. The first kappa shape index (κ1) is 16.1. The number of rotatable bonds is 4. The molecule has 3 aromatic rings. The number of nitrogens with one attached hydrogen (secondary N) is 1. The molecule has 0 aliphatic heterocycles. The summed E-state index contributed by atoms with van der Waals surface area (Å²) < 4.78 is 14.9. The van der Waals surface area contributed by atoms with Gasteiger partial charge in [0.25, 0.3) is 5.91 Å². The van der Waals surface area contributed by atoms with E-state index < -0.39 is 0 Å². The number of benzene rings is 1. The molecule has 1 N–H and O–H groups in total. The maximum Gasteiger partial charge on any atom is 0.260 e. The van der Waals surface area contributed by atoms with Gasteiger partial charge in [0.05, 0.1) is 11.8 Å². The Morgan fingerprint density at radius 2 is 2.08 bits per heavy atom. The van der Waals surface area contributed by atoms with Gasteiger partial charge in [-0.15, -0.1) is 0 Å². The fourth-order valence-corrected chi connectivity index (χ4v) is 2.52. The first-order valence-corrected chi connectivity index (χ1v) is 7.57. The summed E-state index contributed by atoms with van der Waals surface area (Å²) in [6, 6.07) is 7.93. The molecule has 0 saturated heterocycles. The summed E-state index contributed by atoms with van der Waals surface area (Å²) in [7, 11) is 1.74. The van der Waals surface area contributed by atoms with Crippen molar-refractivity contribution < 1.29 is 9.18 Å². The number of anilines is 1. The molecule has 1 amide bonds. The van der Waals surface area contributed by atoms with E-state index in [4.69, 9.17) is 11.6 Å². The number of amides is 1. The normalized spacial score (nSPS) is 10.6. The molecule has 0 unspecified atom stereocenters. The minimum absolute atomic E-state index is 0.278. The Bertz CT molecular complexity index is 856. The Balaban J connectivity index is 1.68. The number of carbonyl (C=O) groups is 1. The lowest BCUT2D eigenvalue weighted by Crippen LogP contribution is -2.12. The molecule has 1 aromatic carbocycles. The molecule has 122 valence electrons. The van der Waals surface area contributed by atoms with Crippen molar-refractivity contribution in [3.05, 3.63) is 76.5 Å². The summed E-state index contributed by atoms with van der Waals surface area (Å²) in [4.78, 5) is 16.2. The zero-order valence-electron chi connectivity index (χ0n) is 12.8. The van der Waals surface area contributed by atoms with E-state index in [-0.39, 0.29) is 11.7 Å². The van der Waals surface area contributed by atoms with Crippen LogP contribution in [-0.2, 0) is 13.5 Å². The van der Waals surface area contributed by atoms with Crippen LogP contribution in [0.25, 0.3) is 0 Å². The van der Waals surface area contributed by atoms with E-state index in [0.29, 0.717) is 22.8 Å². The van der Waals surface area contributed by atoms with E-state index in [1.165, 1.54) is 18.3 Å². The minimum atomic E-state index is -0.370. The van der Waals surface area contributed by atoms with Crippen LogP contribution in [-0.4, -0.2) is 20.7 Å². The maximum atomic E-state index is 13.3. The highest BCUT2D eigenvalue weighted by Gasteiger charge is 2.09. The molecule has 0 atom stereocenters. The number of nitrogens with zero attached hydrogens (tertiary/aromatic N) is 3. The van der Waals surface area contributed by atoms with Crippen LogP contribution in [0.1, 0.15) is 21.5 Å². The van der Waals surface area contributed by atoms with Gasteiger partial charge in [-0.2, -0.15) is 5.10 Å². The van der Waals surface area contributed by atoms with Crippen LogP contribution in [0.5, 0.6) is 0 Å². The van der Waals surface area contributed by atoms with Crippen molar-refractivity contribution in [1.29, 1.82) is 0 Å². The molecule has 0 bridgehead atoms. The summed E-state index contributed by atoms with van der Waals surface area (Å²) in [5.41, 5.74) is 2.10. The van der Waals surface area contributed by atoms with E-state index in [0.717, 1.165) is 11.1 Å². The molecule has 3 rings (SSSR count). The van der Waals surface area contributed by atoms with Crippen molar-refractivity contribution in [3.8, 4) is 0 Å². The summed E-state index contributed by atoms with van der Waals surface area (Å²) >= 11 is 5.85. The van der Waals surface area contributed by atoms with Crippen molar-refractivity contribution in [2.75, 3.05) is 5.32 Å². The number of hydrogen-bond donors (Lipinski definition) is 1. The van der Waals surface area contributed by atoms with Crippen molar-refractivity contribution in [2.45, 2.75) is 6.42 Å². The largest absolute Gasteiger partial charge is 0.306 e. The molecule has 24 heavy (non-hydrogen) atoms. The lowest BCUT2D eigenvalue weighted by molar-refractivity contribution is 0.102. The Hall–Kier alpha value is -2.73. The second kappa shape index (κ2) is 6.80. The van der Waals surface area contributed by atoms with Crippen molar-refractivity contribution >= 4 is 23.3 Å². The van der Waals surface area contributed by atoms with Crippen molar-refractivity contribution in [3.63, 3.8) is 0 Å². The molecule has 7 heteroatoms. The number of aromatic nitrogens is 3. The fourth-order valence-electron chi connectivity index (χ4n) is 2.28. The molecule has 0 aliphatic rings. The number of aryl methyl sites for hydroxylation is 1. The highest BCUT2D eigenvalue weighted by atomic mass is 35.5. The van der Waals surface area contributed by atoms with Gasteiger partial charge in [-0.1, -0.05) is 17.7 Å². The zero-order valence-corrected chi connectivity index (χ0v) is 13.6. The molecule has 0 spiro atoms. The van der Waals surface area contributed by atoms with Crippen LogP contribution in [0.2, 0.25) is 5.02 Å². The SMILES string of the molecule is Cn1cc(C(=O)Nc2ccc(Cc3cc(F)cc(Cl)c3)cn2)cn1. The van der Waals surface area contributed by atoms with Crippen LogP contribution >= 0.6 is 11.6 Å². The average Bonchev–Trinajstić information content (AvgIpc) is 2.95. The molecule has 0 aliphatic carbocycles. The third kappa shape index (κ3) is 3.97. The van der Waals surface area contributed by atoms with Gasteiger partial charge in [-0.3, -0.25) is 9.48 Å². The predicted octanol–water partition coefficient (Wildman–Crippen LogP) is 3.45. The maximum absolute atomic E-state index is 13.3. The van der Waals surface area contributed by atoms with Crippen LogP contribution in [0.4, 0.5) is 10.2 Å². The Kier molecular flexibility index (Phi) is 4.57. The second-order valence-corrected chi connectivity index (χ2v) is 5.80. The molecule has 2 aromatic heterocycles. The van der Waals surface area contributed by atoms with Crippen LogP contribution in [0.15, 0.2) is 48.9 Å². The van der Waals surface area contributed by atoms with Gasteiger partial charge in [0.1, 0.15) is 11.6 Å². The molecule has 0 fully saturated rings. The predicted molar refractivity (Wildman–Crippen MR) is 89.6 cm³/mol. The van der Waals surface area contributed by atoms with E-state index in [1.807, 2.05) is 6.07 Å². The van der Waals surface area contributed by atoms with Gasteiger partial charge in [0, 0.05) is 24.5 Å². The summed E-state index contributed by atoms with van der Waals surface area (Å²) in [6.07, 6.45) is 5.24. The Morgan fingerprint density at radius 3 is 2.71 bits per heavy atom. The number of hydrogen-bond acceptors (Lipinski definition) is 3. The first-order valence-electron chi connectivity index (χ1n) is 7.19. The molecule has 2 heterocycles. The molecule has 5 nitrogen and oxygen atoms in total. The zero-order chi connectivity index (χ0) is 17.1. The number of carbonyl (C=O) groups excluding carboxylic acids is 1. The lowest BCUT2D eigenvalue weighted by atomic mass is 10.1. The average molecular weight is 345 g/mol. The molecular formula is C17H14ClFN4O. The fraction of sp³-hybridized carbons (Fsp3) is 0.118. The van der Waals surface area contributed by atoms with Gasteiger partial charge < -0.3 is 5.32 Å². The van der Waals surface area contributed by atoms with Crippen LogP contribution < -0.4 is 5.32 Å². The van der Waals surface area contributed by atoms with Crippen LogP contribution in [0.3, 0.4) is 0 Å². The third-order valence-corrected chi connectivity index (χ3v) is 3.58. The highest BCUT2D eigenvalue weighted by Crippen LogP contribution is 2.17. The van der Waals surface area contributed by atoms with Crippen molar-refractivity contribution in [2.24, 2.45) is 7.05 Å². The summed E-state index contributed by atoms with van der Waals surface area (Å²) in [6.45, 7) is 0. The smallest absolute Gasteiger partial charge is 0.260 e. The summed E-state index contributed by atoms with van der Waals surface area (Å²) in [5, 5.41) is 7.00. The third-order valence-electron chi connectivity index (χ3n) is 3.36. The second-order valence-electron chi connectivity index (χ2n) is 5.36. The van der Waals surface area contributed by atoms with Gasteiger partial charge in [0.15, 0.2) is 0 Å². The minimum Gasteiger partial charge on any atom is -0.306 e. The van der Waals surface area contributed by atoms with E-state index in [1.54, 1.807) is 36.3 Å². The van der Waals surface area contributed by atoms with E-state index in [2.05, 4.69) is 15.4 Å². The van der Waals surface area contributed by atoms with E-state index in [9.17, 15) is 9.18 Å². The van der Waals surface area contributed by atoms with E-state index >= 15 is 0 Å². The number of halogens is 2. The van der Waals surface area contributed by atoms with Gasteiger partial charge in [0.2, 0.25) is 0 Å². The van der Waals surface area contributed by atoms with Gasteiger partial charge in [-0.25, -0.2) is 9.37 Å². The van der Waals surface area contributed by atoms with Gasteiger partial charge >= 0.3 is 0 Å². The monoisotopic (exact) mass is 344 g/mol. The molecule has 0 saturated carbocycles.